The molecule has 2 aromatic rings. The van der Waals surface area contributed by atoms with Crippen LogP contribution in [0.25, 0.3) is 0 Å². The Balaban J connectivity index is 1.33. The molecular weight excluding hydrogens is 414 g/mol. The molecule has 32 heavy (non-hydrogen) atoms. The molecule has 3 amide bonds. The molecule has 0 unspecified atom stereocenters. The van der Waals surface area contributed by atoms with Gasteiger partial charge in [0.25, 0.3) is 5.91 Å². The van der Waals surface area contributed by atoms with Gasteiger partial charge in [0.15, 0.2) is 5.69 Å². The summed E-state index contributed by atoms with van der Waals surface area (Å²) in [5.74, 6) is 1.05. The Bertz CT molecular complexity index is 1000. The van der Waals surface area contributed by atoms with Crippen molar-refractivity contribution in [2.75, 3.05) is 32.8 Å². The molecule has 2 aromatic heterocycles. The molecule has 0 aromatic carbocycles. The summed E-state index contributed by atoms with van der Waals surface area (Å²) in [4.78, 5) is 41.4. The standard InChI is InChI=1S/C22H29N5O5/c1-15-3-4-16(32-15)13-23-19(28)5-6-20(29)27-8-7-18-17(14-27)21(24-25(18)2)22(30)26-9-11-31-12-10-26/h3-4H,5-14H2,1-2H3,(H,23,28). The number of hydrogen-bond donors (Lipinski definition) is 1. The normalized spacial score (nSPS) is 16.1. The third-order valence-electron chi connectivity index (χ3n) is 5.92. The van der Waals surface area contributed by atoms with E-state index in [-0.39, 0.29) is 30.6 Å². The van der Waals surface area contributed by atoms with Crippen molar-refractivity contribution in [1.82, 2.24) is 24.9 Å². The molecular formula is C22H29N5O5. The van der Waals surface area contributed by atoms with Gasteiger partial charge in [-0.3, -0.25) is 19.1 Å². The minimum atomic E-state index is -0.199. The summed E-state index contributed by atoms with van der Waals surface area (Å²) < 4.78 is 12.5. The number of carbonyl (C=O) groups excluding carboxylic acids is 3. The summed E-state index contributed by atoms with van der Waals surface area (Å²) in [6, 6.07) is 3.65. The SMILES string of the molecule is Cc1ccc(CNC(=O)CCC(=O)N2CCc3c(c(C(=O)N4CCOCC4)nn3C)C2)o1. The van der Waals surface area contributed by atoms with Gasteiger partial charge in [0.1, 0.15) is 11.5 Å². The first-order valence-corrected chi connectivity index (χ1v) is 10.9. The Labute approximate surface area is 186 Å². The molecule has 1 N–H and O–H groups in total. The Kier molecular flexibility index (Phi) is 6.59. The van der Waals surface area contributed by atoms with Gasteiger partial charge >= 0.3 is 0 Å². The first-order chi connectivity index (χ1) is 15.4. The van der Waals surface area contributed by atoms with Crippen molar-refractivity contribution in [2.45, 2.75) is 39.3 Å². The molecule has 2 aliphatic heterocycles. The van der Waals surface area contributed by atoms with Crippen molar-refractivity contribution < 1.29 is 23.5 Å². The van der Waals surface area contributed by atoms with E-state index in [0.717, 1.165) is 17.0 Å². The summed E-state index contributed by atoms with van der Waals surface area (Å²) in [5.41, 5.74) is 2.20. The molecule has 0 aliphatic carbocycles. The number of nitrogens with one attached hydrogen (secondary N) is 1. The third-order valence-corrected chi connectivity index (χ3v) is 5.92. The predicted octanol–water partition coefficient (Wildman–Crippen LogP) is 0.775. The maximum Gasteiger partial charge on any atom is 0.274 e. The molecule has 1 fully saturated rings. The van der Waals surface area contributed by atoms with Crippen LogP contribution in [0.5, 0.6) is 0 Å². The van der Waals surface area contributed by atoms with E-state index in [1.54, 1.807) is 14.5 Å². The fraction of sp³-hybridized carbons (Fsp3) is 0.545. The lowest BCUT2D eigenvalue weighted by Crippen LogP contribution is -2.42. The number of carbonyl (C=O) groups is 3. The zero-order valence-corrected chi connectivity index (χ0v) is 18.6. The van der Waals surface area contributed by atoms with E-state index < -0.39 is 0 Å². The van der Waals surface area contributed by atoms with Gasteiger partial charge in [0.05, 0.1) is 19.8 Å². The van der Waals surface area contributed by atoms with E-state index in [9.17, 15) is 14.4 Å². The zero-order chi connectivity index (χ0) is 22.7. The predicted molar refractivity (Wildman–Crippen MR) is 114 cm³/mol. The van der Waals surface area contributed by atoms with Crippen LogP contribution in [-0.2, 0) is 40.9 Å². The molecule has 1 saturated heterocycles. The van der Waals surface area contributed by atoms with Gasteiger partial charge in [-0.15, -0.1) is 0 Å². The number of amides is 3. The quantitative estimate of drug-likeness (QED) is 0.706. The van der Waals surface area contributed by atoms with E-state index in [1.165, 1.54) is 0 Å². The summed E-state index contributed by atoms with van der Waals surface area (Å²) in [6.07, 6.45) is 0.852. The summed E-state index contributed by atoms with van der Waals surface area (Å²) >= 11 is 0. The monoisotopic (exact) mass is 443 g/mol. The summed E-state index contributed by atoms with van der Waals surface area (Å²) in [7, 11) is 1.83. The van der Waals surface area contributed by atoms with E-state index in [4.69, 9.17) is 9.15 Å². The van der Waals surface area contributed by atoms with E-state index in [1.807, 2.05) is 26.1 Å². The van der Waals surface area contributed by atoms with Crippen LogP contribution in [-0.4, -0.2) is 70.1 Å². The van der Waals surface area contributed by atoms with Crippen molar-refractivity contribution >= 4 is 17.7 Å². The third kappa shape index (κ3) is 4.85. The highest BCUT2D eigenvalue weighted by atomic mass is 16.5. The van der Waals surface area contributed by atoms with Crippen LogP contribution in [0.1, 0.15) is 46.1 Å². The van der Waals surface area contributed by atoms with Crippen molar-refractivity contribution in [1.29, 1.82) is 0 Å². The highest BCUT2D eigenvalue weighted by Crippen LogP contribution is 2.24. The Morgan fingerprint density at radius 1 is 1.09 bits per heavy atom. The molecule has 0 bridgehead atoms. The molecule has 0 spiro atoms. The second kappa shape index (κ2) is 9.56. The van der Waals surface area contributed by atoms with Gasteiger partial charge in [-0.1, -0.05) is 0 Å². The number of morpholine rings is 1. The van der Waals surface area contributed by atoms with Gasteiger partial charge in [0.2, 0.25) is 11.8 Å². The van der Waals surface area contributed by atoms with Crippen LogP contribution >= 0.6 is 0 Å². The molecule has 2 aliphatic rings. The van der Waals surface area contributed by atoms with Crippen LogP contribution in [0.15, 0.2) is 16.5 Å². The van der Waals surface area contributed by atoms with Gasteiger partial charge in [0, 0.05) is 63.7 Å². The second-order valence-electron chi connectivity index (χ2n) is 8.16. The Morgan fingerprint density at radius 3 is 2.59 bits per heavy atom. The number of aryl methyl sites for hydroxylation is 2. The van der Waals surface area contributed by atoms with Gasteiger partial charge in [-0.25, -0.2) is 0 Å². The zero-order valence-electron chi connectivity index (χ0n) is 18.6. The number of rotatable bonds is 6. The number of nitrogens with zero attached hydrogens (tertiary/aromatic N) is 4. The highest BCUT2D eigenvalue weighted by Gasteiger charge is 2.31. The lowest BCUT2D eigenvalue weighted by atomic mass is 10.0. The Hall–Kier alpha value is -3.14. The molecule has 4 rings (SSSR count). The maximum absolute atomic E-state index is 13.0. The smallest absolute Gasteiger partial charge is 0.274 e. The lowest BCUT2D eigenvalue weighted by Gasteiger charge is -2.29. The number of furan rings is 1. The van der Waals surface area contributed by atoms with Crippen molar-refractivity contribution in [3.05, 3.63) is 40.6 Å². The number of hydrogen-bond acceptors (Lipinski definition) is 6. The number of fused-ring (bicyclic) bond motifs is 1. The molecule has 0 atom stereocenters. The number of aromatic nitrogens is 2. The first-order valence-electron chi connectivity index (χ1n) is 10.9. The van der Waals surface area contributed by atoms with Gasteiger partial charge < -0.3 is 24.3 Å². The van der Waals surface area contributed by atoms with Crippen LogP contribution in [0.2, 0.25) is 0 Å². The molecule has 10 nitrogen and oxygen atoms in total. The molecule has 0 saturated carbocycles. The largest absolute Gasteiger partial charge is 0.465 e. The average molecular weight is 444 g/mol. The first kappa shape index (κ1) is 22.1. The highest BCUT2D eigenvalue weighted by molar-refractivity contribution is 5.94. The van der Waals surface area contributed by atoms with Crippen LogP contribution in [0, 0.1) is 6.92 Å². The number of ether oxygens (including phenoxy) is 1. The van der Waals surface area contributed by atoms with Crippen molar-refractivity contribution in [3.8, 4) is 0 Å². The summed E-state index contributed by atoms with van der Waals surface area (Å²) in [6.45, 7) is 5.15. The Morgan fingerprint density at radius 2 is 1.88 bits per heavy atom. The van der Waals surface area contributed by atoms with Crippen LogP contribution < -0.4 is 5.32 Å². The molecule has 10 heteroatoms. The van der Waals surface area contributed by atoms with E-state index in [0.29, 0.717) is 63.8 Å². The average Bonchev–Trinajstić information content (AvgIpc) is 3.38. The minimum absolute atomic E-state index is 0.103. The molecule has 0 radical (unpaired) electrons. The second-order valence-corrected chi connectivity index (χ2v) is 8.16. The maximum atomic E-state index is 13.0. The van der Waals surface area contributed by atoms with Crippen molar-refractivity contribution in [3.63, 3.8) is 0 Å². The van der Waals surface area contributed by atoms with E-state index in [2.05, 4.69) is 10.4 Å². The minimum Gasteiger partial charge on any atom is -0.465 e. The molecule has 4 heterocycles. The fourth-order valence-electron chi connectivity index (χ4n) is 4.13. The summed E-state index contributed by atoms with van der Waals surface area (Å²) in [5, 5.41) is 7.24. The van der Waals surface area contributed by atoms with Crippen molar-refractivity contribution in [2.24, 2.45) is 7.05 Å². The van der Waals surface area contributed by atoms with Gasteiger partial charge in [-0.05, 0) is 19.1 Å². The van der Waals surface area contributed by atoms with Gasteiger partial charge in [-0.2, -0.15) is 5.10 Å². The van der Waals surface area contributed by atoms with Crippen LogP contribution in [0.4, 0.5) is 0 Å². The fourth-order valence-corrected chi connectivity index (χ4v) is 4.13. The molecule has 172 valence electrons. The van der Waals surface area contributed by atoms with Crippen LogP contribution in [0.3, 0.4) is 0 Å². The van der Waals surface area contributed by atoms with E-state index >= 15 is 0 Å². The lowest BCUT2D eigenvalue weighted by molar-refractivity contribution is -0.134. The topological polar surface area (TPSA) is 110 Å².